The predicted octanol–water partition coefficient (Wildman–Crippen LogP) is 2.89. The van der Waals surface area contributed by atoms with Crippen LogP contribution in [0, 0.1) is 11.3 Å². The van der Waals surface area contributed by atoms with Crippen molar-refractivity contribution >= 4 is 17.4 Å². The van der Waals surface area contributed by atoms with Gasteiger partial charge in [-0.05, 0) is 49.4 Å². The van der Waals surface area contributed by atoms with Gasteiger partial charge in [0.15, 0.2) is 0 Å². The molecule has 2 aromatic carbocycles. The second-order valence-electron chi connectivity index (χ2n) is 6.59. The van der Waals surface area contributed by atoms with Crippen molar-refractivity contribution < 1.29 is 4.79 Å². The maximum absolute atomic E-state index is 11.9. The van der Waals surface area contributed by atoms with Crippen LogP contribution in [-0.2, 0) is 0 Å². The van der Waals surface area contributed by atoms with Gasteiger partial charge in [0, 0.05) is 44.1 Å². The summed E-state index contributed by atoms with van der Waals surface area (Å²) >= 11 is 0. The molecule has 0 unspecified atom stereocenters. The Hall–Kier alpha value is -3.04. The SMILES string of the molecule is N#Cc1ccc(NC(=O)NCCCN2CCN(c3ccccc3)CC2)cc1. The lowest BCUT2D eigenvalue weighted by Crippen LogP contribution is -2.47. The molecule has 6 heteroatoms. The summed E-state index contributed by atoms with van der Waals surface area (Å²) in [5, 5.41) is 14.4. The largest absolute Gasteiger partial charge is 0.369 e. The fraction of sp³-hybridized carbons (Fsp3) is 0.333. The van der Waals surface area contributed by atoms with Crippen LogP contribution in [-0.4, -0.2) is 50.2 Å². The molecular formula is C21H25N5O. The highest BCUT2D eigenvalue weighted by atomic mass is 16.2. The summed E-state index contributed by atoms with van der Waals surface area (Å²) in [7, 11) is 0. The van der Waals surface area contributed by atoms with E-state index < -0.39 is 0 Å². The van der Waals surface area contributed by atoms with Crippen molar-refractivity contribution in [1.29, 1.82) is 5.26 Å². The molecule has 1 saturated heterocycles. The maximum atomic E-state index is 11.9. The first-order valence-corrected chi connectivity index (χ1v) is 9.32. The molecule has 0 radical (unpaired) electrons. The minimum atomic E-state index is -0.214. The lowest BCUT2D eigenvalue weighted by atomic mass is 10.2. The summed E-state index contributed by atoms with van der Waals surface area (Å²) in [5.41, 5.74) is 2.55. The van der Waals surface area contributed by atoms with E-state index >= 15 is 0 Å². The number of anilines is 2. The van der Waals surface area contributed by atoms with Crippen LogP contribution < -0.4 is 15.5 Å². The summed E-state index contributed by atoms with van der Waals surface area (Å²) in [4.78, 5) is 16.8. The molecule has 140 valence electrons. The minimum absolute atomic E-state index is 0.214. The Morgan fingerprint density at radius 3 is 2.37 bits per heavy atom. The van der Waals surface area contributed by atoms with Crippen LogP contribution in [0.1, 0.15) is 12.0 Å². The van der Waals surface area contributed by atoms with E-state index in [0.29, 0.717) is 17.8 Å². The third-order valence-electron chi connectivity index (χ3n) is 4.70. The highest BCUT2D eigenvalue weighted by molar-refractivity contribution is 5.89. The van der Waals surface area contributed by atoms with Crippen molar-refractivity contribution in [3.05, 3.63) is 60.2 Å². The number of hydrogen-bond donors (Lipinski definition) is 2. The van der Waals surface area contributed by atoms with Crippen LogP contribution in [0.2, 0.25) is 0 Å². The van der Waals surface area contributed by atoms with E-state index in [2.05, 4.69) is 50.8 Å². The number of amides is 2. The molecule has 6 nitrogen and oxygen atoms in total. The first-order valence-electron chi connectivity index (χ1n) is 9.32. The number of urea groups is 1. The molecule has 3 rings (SSSR count). The quantitative estimate of drug-likeness (QED) is 0.774. The third-order valence-corrected chi connectivity index (χ3v) is 4.70. The van der Waals surface area contributed by atoms with Gasteiger partial charge in [-0.1, -0.05) is 18.2 Å². The number of para-hydroxylation sites is 1. The Morgan fingerprint density at radius 1 is 1.00 bits per heavy atom. The fourth-order valence-corrected chi connectivity index (χ4v) is 3.18. The molecule has 0 atom stereocenters. The molecule has 2 N–H and O–H groups in total. The van der Waals surface area contributed by atoms with Gasteiger partial charge in [-0.2, -0.15) is 5.26 Å². The molecule has 0 spiro atoms. The van der Waals surface area contributed by atoms with Gasteiger partial charge >= 0.3 is 6.03 Å². The van der Waals surface area contributed by atoms with Gasteiger partial charge < -0.3 is 15.5 Å². The molecule has 27 heavy (non-hydrogen) atoms. The van der Waals surface area contributed by atoms with Gasteiger partial charge in [0.1, 0.15) is 0 Å². The molecule has 2 amide bonds. The van der Waals surface area contributed by atoms with Gasteiger partial charge in [0.25, 0.3) is 0 Å². The lowest BCUT2D eigenvalue weighted by molar-refractivity contribution is 0.244. The van der Waals surface area contributed by atoms with Crippen LogP contribution in [0.3, 0.4) is 0 Å². The van der Waals surface area contributed by atoms with E-state index in [4.69, 9.17) is 5.26 Å². The number of nitrogens with one attached hydrogen (secondary N) is 2. The number of nitrogens with zero attached hydrogens (tertiary/aromatic N) is 3. The van der Waals surface area contributed by atoms with Gasteiger partial charge in [0.2, 0.25) is 0 Å². The number of piperazine rings is 1. The maximum Gasteiger partial charge on any atom is 0.319 e. The van der Waals surface area contributed by atoms with Crippen molar-refractivity contribution in [3.8, 4) is 6.07 Å². The summed E-state index contributed by atoms with van der Waals surface area (Å²) in [6.45, 7) is 5.80. The van der Waals surface area contributed by atoms with E-state index in [1.807, 2.05) is 6.07 Å². The summed E-state index contributed by atoms with van der Waals surface area (Å²) in [6.07, 6.45) is 0.923. The zero-order chi connectivity index (χ0) is 18.9. The predicted molar refractivity (Wildman–Crippen MR) is 108 cm³/mol. The molecule has 1 aliphatic heterocycles. The van der Waals surface area contributed by atoms with E-state index in [9.17, 15) is 4.79 Å². The molecule has 1 heterocycles. The lowest BCUT2D eigenvalue weighted by Gasteiger charge is -2.36. The molecule has 0 saturated carbocycles. The van der Waals surface area contributed by atoms with Crippen LogP contribution in [0.15, 0.2) is 54.6 Å². The average molecular weight is 363 g/mol. The van der Waals surface area contributed by atoms with Crippen molar-refractivity contribution in [1.82, 2.24) is 10.2 Å². The van der Waals surface area contributed by atoms with Gasteiger partial charge in [-0.15, -0.1) is 0 Å². The van der Waals surface area contributed by atoms with E-state index in [1.54, 1.807) is 24.3 Å². The highest BCUT2D eigenvalue weighted by Crippen LogP contribution is 2.15. The van der Waals surface area contributed by atoms with Gasteiger partial charge in [-0.25, -0.2) is 4.79 Å². The molecule has 1 fully saturated rings. The van der Waals surface area contributed by atoms with Crippen molar-refractivity contribution in [2.45, 2.75) is 6.42 Å². The summed E-state index contributed by atoms with van der Waals surface area (Å²) < 4.78 is 0. The number of nitriles is 1. The zero-order valence-corrected chi connectivity index (χ0v) is 15.4. The van der Waals surface area contributed by atoms with E-state index in [-0.39, 0.29) is 6.03 Å². The number of benzene rings is 2. The molecule has 0 aliphatic carbocycles. The molecule has 0 bridgehead atoms. The standard InChI is InChI=1S/C21H25N5O/c22-17-18-7-9-19(10-8-18)24-21(27)23-11-4-12-25-13-15-26(16-14-25)20-5-2-1-3-6-20/h1-3,5-10H,4,11-16H2,(H2,23,24,27). The van der Waals surface area contributed by atoms with E-state index in [1.165, 1.54) is 5.69 Å². The average Bonchev–Trinajstić information content (AvgIpc) is 2.73. The Balaban J connectivity index is 1.30. The van der Waals surface area contributed by atoms with Crippen LogP contribution in [0.4, 0.5) is 16.2 Å². The molecule has 1 aliphatic rings. The van der Waals surface area contributed by atoms with Gasteiger partial charge in [-0.3, -0.25) is 4.90 Å². The summed E-state index contributed by atoms with van der Waals surface area (Å²) in [6, 6.07) is 19.2. The van der Waals surface area contributed by atoms with Crippen molar-refractivity contribution in [2.24, 2.45) is 0 Å². The first-order chi connectivity index (χ1) is 13.2. The van der Waals surface area contributed by atoms with Crippen molar-refractivity contribution in [3.63, 3.8) is 0 Å². The monoisotopic (exact) mass is 363 g/mol. The molecule has 2 aromatic rings. The number of hydrogen-bond acceptors (Lipinski definition) is 4. The number of carbonyl (C=O) groups is 1. The Labute approximate surface area is 160 Å². The zero-order valence-electron chi connectivity index (χ0n) is 15.4. The van der Waals surface area contributed by atoms with Crippen LogP contribution in [0.25, 0.3) is 0 Å². The number of rotatable bonds is 6. The van der Waals surface area contributed by atoms with E-state index in [0.717, 1.165) is 39.1 Å². The second-order valence-corrected chi connectivity index (χ2v) is 6.59. The Kier molecular flexibility index (Phi) is 6.66. The third kappa shape index (κ3) is 5.73. The number of carbonyl (C=O) groups excluding carboxylic acids is 1. The Morgan fingerprint density at radius 2 is 1.70 bits per heavy atom. The van der Waals surface area contributed by atoms with Crippen molar-refractivity contribution in [2.75, 3.05) is 49.5 Å². The molecule has 0 aromatic heterocycles. The first kappa shape index (κ1) is 18.7. The van der Waals surface area contributed by atoms with Crippen LogP contribution in [0.5, 0.6) is 0 Å². The normalized spacial score (nSPS) is 14.4. The minimum Gasteiger partial charge on any atom is -0.369 e. The van der Waals surface area contributed by atoms with Gasteiger partial charge in [0.05, 0.1) is 11.6 Å². The fourth-order valence-electron chi connectivity index (χ4n) is 3.18. The second kappa shape index (κ2) is 9.60. The molecular weight excluding hydrogens is 338 g/mol. The Bertz CT molecular complexity index is 761. The van der Waals surface area contributed by atoms with Crippen LogP contribution >= 0.6 is 0 Å². The topological polar surface area (TPSA) is 71.4 Å². The summed E-state index contributed by atoms with van der Waals surface area (Å²) in [5.74, 6) is 0. The highest BCUT2D eigenvalue weighted by Gasteiger charge is 2.16. The smallest absolute Gasteiger partial charge is 0.319 e.